The monoisotopic (exact) mass is 205 g/mol. The molecule has 2 aromatic rings. The summed E-state index contributed by atoms with van der Waals surface area (Å²) in [6.07, 6.45) is 0. The van der Waals surface area contributed by atoms with Crippen molar-refractivity contribution in [2.24, 2.45) is 5.73 Å². The molecule has 0 bridgehead atoms. The van der Waals surface area contributed by atoms with Crippen molar-refractivity contribution in [3.8, 4) is 5.75 Å². The summed E-state index contributed by atoms with van der Waals surface area (Å²) in [7, 11) is 0. The van der Waals surface area contributed by atoms with Gasteiger partial charge in [-0.05, 0) is 12.1 Å². The lowest BCUT2D eigenvalue weighted by Crippen LogP contribution is -1.99. The van der Waals surface area contributed by atoms with Gasteiger partial charge >= 0.3 is 0 Å². The molecule has 0 unspecified atom stereocenters. The largest absolute Gasteiger partial charge is 0.485 e. The molecule has 0 saturated carbocycles. The fraction of sp³-hybridized carbons (Fsp3) is 0.200. The second-order valence-corrected chi connectivity index (χ2v) is 2.91. The van der Waals surface area contributed by atoms with Gasteiger partial charge in [-0.15, -0.1) is 0 Å². The number of para-hydroxylation sites is 1. The van der Waals surface area contributed by atoms with E-state index in [1.54, 1.807) is 0 Å². The maximum atomic E-state index is 5.42. The molecule has 0 amide bonds. The number of rotatable bonds is 4. The Kier molecular flexibility index (Phi) is 2.94. The first-order valence-electron chi connectivity index (χ1n) is 4.58. The lowest BCUT2D eigenvalue weighted by atomic mass is 10.3. The summed E-state index contributed by atoms with van der Waals surface area (Å²) in [6, 6.07) is 9.45. The first kappa shape index (κ1) is 9.67. The van der Waals surface area contributed by atoms with Crippen molar-refractivity contribution in [1.82, 2.24) is 10.1 Å². The van der Waals surface area contributed by atoms with Crippen LogP contribution in [0, 0.1) is 0 Å². The Bertz CT molecular complexity index is 414. The zero-order chi connectivity index (χ0) is 10.5. The molecule has 0 atom stereocenters. The normalized spacial score (nSPS) is 10.2. The van der Waals surface area contributed by atoms with Gasteiger partial charge in [0.2, 0.25) is 11.7 Å². The van der Waals surface area contributed by atoms with Gasteiger partial charge in [0.15, 0.2) is 6.61 Å². The number of ether oxygens (including phenoxy) is 1. The number of hydrogen-bond donors (Lipinski definition) is 1. The molecule has 0 aliphatic heterocycles. The van der Waals surface area contributed by atoms with Gasteiger partial charge < -0.3 is 15.0 Å². The van der Waals surface area contributed by atoms with Crippen LogP contribution in [-0.2, 0) is 13.2 Å². The smallest absolute Gasteiger partial charge is 0.240 e. The molecule has 78 valence electrons. The zero-order valence-electron chi connectivity index (χ0n) is 8.09. The molecule has 0 aliphatic rings. The summed E-state index contributed by atoms with van der Waals surface area (Å²) in [4.78, 5) is 4.02. The topological polar surface area (TPSA) is 74.2 Å². The Morgan fingerprint density at radius 3 is 2.73 bits per heavy atom. The first-order valence-corrected chi connectivity index (χ1v) is 4.58. The van der Waals surface area contributed by atoms with Crippen LogP contribution in [-0.4, -0.2) is 10.1 Å². The summed E-state index contributed by atoms with van der Waals surface area (Å²) in [6.45, 7) is 0.534. The molecule has 0 spiro atoms. The molecule has 5 heteroatoms. The van der Waals surface area contributed by atoms with Crippen LogP contribution in [0.1, 0.15) is 11.7 Å². The second kappa shape index (κ2) is 4.56. The maximum absolute atomic E-state index is 5.42. The predicted octanol–water partition coefficient (Wildman–Crippen LogP) is 1.11. The summed E-state index contributed by atoms with van der Waals surface area (Å²) < 4.78 is 10.3. The van der Waals surface area contributed by atoms with E-state index in [2.05, 4.69) is 10.1 Å². The molecule has 1 heterocycles. The van der Waals surface area contributed by atoms with Crippen LogP contribution in [0.25, 0.3) is 0 Å². The van der Waals surface area contributed by atoms with Gasteiger partial charge in [-0.1, -0.05) is 23.4 Å². The number of benzene rings is 1. The van der Waals surface area contributed by atoms with Crippen molar-refractivity contribution in [1.29, 1.82) is 0 Å². The number of hydrogen-bond acceptors (Lipinski definition) is 5. The van der Waals surface area contributed by atoms with Gasteiger partial charge in [-0.2, -0.15) is 4.98 Å². The minimum Gasteiger partial charge on any atom is -0.485 e. The third-order valence-corrected chi connectivity index (χ3v) is 1.80. The fourth-order valence-electron chi connectivity index (χ4n) is 1.10. The van der Waals surface area contributed by atoms with E-state index in [4.69, 9.17) is 15.0 Å². The van der Waals surface area contributed by atoms with Gasteiger partial charge in [-0.3, -0.25) is 0 Å². The molecule has 0 saturated heterocycles. The van der Waals surface area contributed by atoms with Crippen LogP contribution in [0.4, 0.5) is 0 Å². The fourth-order valence-corrected chi connectivity index (χ4v) is 1.10. The van der Waals surface area contributed by atoms with E-state index >= 15 is 0 Å². The van der Waals surface area contributed by atoms with E-state index < -0.39 is 0 Å². The third-order valence-electron chi connectivity index (χ3n) is 1.80. The van der Waals surface area contributed by atoms with Crippen molar-refractivity contribution in [2.45, 2.75) is 13.2 Å². The van der Waals surface area contributed by atoms with E-state index in [0.29, 0.717) is 11.7 Å². The van der Waals surface area contributed by atoms with Crippen molar-refractivity contribution in [2.75, 3.05) is 0 Å². The molecular formula is C10H11N3O2. The van der Waals surface area contributed by atoms with E-state index in [9.17, 15) is 0 Å². The Hall–Kier alpha value is -1.88. The summed E-state index contributed by atoms with van der Waals surface area (Å²) >= 11 is 0. The summed E-state index contributed by atoms with van der Waals surface area (Å²) in [5, 5.41) is 3.71. The van der Waals surface area contributed by atoms with E-state index in [1.165, 1.54) is 0 Å². The molecule has 2 N–H and O–H groups in total. The number of nitrogens with two attached hydrogens (primary N) is 1. The zero-order valence-corrected chi connectivity index (χ0v) is 8.09. The maximum Gasteiger partial charge on any atom is 0.240 e. The van der Waals surface area contributed by atoms with Crippen LogP contribution in [0.15, 0.2) is 34.9 Å². The van der Waals surface area contributed by atoms with Gasteiger partial charge in [0.25, 0.3) is 0 Å². The molecule has 2 rings (SSSR count). The average molecular weight is 205 g/mol. The highest BCUT2D eigenvalue weighted by molar-refractivity contribution is 5.20. The van der Waals surface area contributed by atoms with Crippen LogP contribution >= 0.6 is 0 Å². The van der Waals surface area contributed by atoms with Crippen LogP contribution in [0.5, 0.6) is 5.75 Å². The van der Waals surface area contributed by atoms with Crippen LogP contribution in [0.2, 0.25) is 0 Å². The van der Waals surface area contributed by atoms with E-state index in [1.807, 2.05) is 30.3 Å². The molecule has 5 nitrogen and oxygen atoms in total. The predicted molar refractivity (Wildman–Crippen MR) is 53.0 cm³/mol. The quantitative estimate of drug-likeness (QED) is 0.809. The molecule has 0 radical (unpaired) electrons. The summed E-state index contributed by atoms with van der Waals surface area (Å²) in [5.41, 5.74) is 5.33. The molecule has 0 aliphatic carbocycles. The first-order chi connectivity index (χ1) is 7.38. The summed E-state index contributed by atoms with van der Waals surface area (Å²) in [5.74, 6) is 1.69. The Balaban J connectivity index is 1.93. The van der Waals surface area contributed by atoms with Crippen molar-refractivity contribution in [3.63, 3.8) is 0 Å². The molecule has 1 aromatic heterocycles. The lowest BCUT2D eigenvalue weighted by molar-refractivity contribution is 0.285. The molecular weight excluding hydrogens is 194 g/mol. The van der Waals surface area contributed by atoms with E-state index in [0.717, 1.165) is 5.75 Å². The Morgan fingerprint density at radius 2 is 2.07 bits per heavy atom. The highest BCUT2D eigenvalue weighted by Crippen LogP contribution is 2.10. The van der Waals surface area contributed by atoms with Crippen molar-refractivity contribution in [3.05, 3.63) is 42.0 Å². The molecule has 1 aromatic carbocycles. The van der Waals surface area contributed by atoms with Crippen LogP contribution in [0.3, 0.4) is 0 Å². The molecule has 15 heavy (non-hydrogen) atoms. The highest BCUT2D eigenvalue weighted by Gasteiger charge is 2.04. The van der Waals surface area contributed by atoms with Crippen molar-refractivity contribution >= 4 is 0 Å². The van der Waals surface area contributed by atoms with E-state index in [-0.39, 0.29) is 13.2 Å². The number of aromatic nitrogens is 2. The van der Waals surface area contributed by atoms with Crippen LogP contribution < -0.4 is 10.5 Å². The van der Waals surface area contributed by atoms with Crippen molar-refractivity contribution < 1.29 is 9.26 Å². The Morgan fingerprint density at radius 1 is 1.27 bits per heavy atom. The lowest BCUT2D eigenvalue weighted by Gasteiger charge is -2.01. The SMILES string of the molecule is NCc1nc(COc2ccccc2)no1. The van der Waals surface area contributed by atoms with Gasteiger partial charge in [0.05, 0.1) is 6.54 Å². The Labute approximate surface area is 86.9 Å². The van der Waals surface area contributed by atoms with Gasteiger partial charge in [0.1, 0.15) is 5.75 Å². The van der Waals surface area contributed by atoms with Gasteiger partial charge in [-0.25, -0.2) is 0 Å². The highest BCUT2D eigenvalue weighted by atomic mass is 16.5. The third kappa shape index (κ3) is 2.54. The minimum absolute atomic E-state index is 0.248. The second-order valence-electron chi connectivity index (χ2n) is 2.91. The molecule has 0 fully saturated rings. The minimum atomic E-state index is 0.248. The van der Waals surface area contributed by atoms with Gasteiger partial charge in [0, 0.05) is 0 Å². The standard InChI is InChI=1S/C10H11N3O2/c11-6-10-12-9(13-15-10)7-14-8-4-2-1-3-5-8/h1-5H,6-7,11H2. The average Bonchev–Trinajstić information content (AvgIpc) is 2.76. The number of nitrogens with zero attached hydrogens (tertiary/aromatic N) is 2.